The van der Waals surface area contributed by atoms with E-state index in [1.165, 1.54) is 0 Å². The summed E-state index contributed by atoms with van der Waals surface area (Å²) < 4.78 is 11.8. The maximum Gasteiger partial charge on any atom is 0.254 e. The van der Waals surface area contributed by atoms with Crippen molar-refractivity contribution in [3.63, 3.8) is 0 Å². The second kappa shape index (κ2) is 10.4. The van der Waals surface area contributed by atoms with Crippen molar-refractivity contribution in [3.8, 4) is 5.88 Å². The van der Waals surface area contributed by atoms with Crippen molar-refractivity contribution in [3.05, 3.63) is 64.9 Å². The predicted octanol–water partition coefficient (Wildman–Crippen LogP) is 5.20. The Morgan fingerprint density at radius 1 is 1.19 bits per heavy atom. The van der Waals surface area contributed by atoms with Crippen LogP contribution in [0.25, 0.3) is 5.76 Å². The summed E-state index contributed by atoms with van der Waals surface area (Å²) in [5, 5.41) is 0. The molecule has 1 aromatic heterocycles. The van der Waals surface area contributed by atoms with Crippen LogP contribution >= 0.6 is 0 Å². The number of hydrogen-bond donors (Lipinski definition) is 0. The molecule has 2 aromatic rings. The highest BCUT2D eigenvalue weighted by Gasteiger charge is 2.27. The first-order chi connectivity index (χ1) is 15.3. The normalized spacial score (nSPS) is 16.5. The number of rotatable bonds is 8. The second-order valence-corrected chi connectivity index (χ2v) is 8.18. The van der Waals surface area contributed by atoms with Crippen LogP contribution in [0.3, 0.4) is 0 Å². The number of benzene rings is 1. The monoisotopic (exact) mass is 435 g/mol. The van der Waals surface area contributed by atoms with Gasteiger partial charge in [0.1, 0.15) is 12.4 Å². The highest BCUT2D eigenvalue weighted by atomic mass is 16.5. The number of ether oxygens (including phenoxy) is 2. The summed E-state index contributed by atoms with van der Waals surface area (Å²) in [6.07, 6.45) is 4.66. The van der Waals surface area contributed by atoms with Crippen molar-refractivity contribution >= 4 is 17.6 Å². The summed E-state index contributed by atoms with van der Waals surface area (Å²) in [6, 6.07) is 9.52. The Labute approximate surface area is 191 Å². The second-order valence-electron chi connectivity index (χ2n) is 8.18. The zero-order valence-electron chi connectivity index (χ0n) is 19.9. The van der Waals surface area contributed by atoms with E-state index in [1.807, 2.05) is 75.9 Å². The van der Waals surface area contributed by atoms with Gasteiger partial charge < -0.3 is 14.4 Å². The smallest absolute Gasteiger partial charge is 0.254 e. The number of nitrogens with zero attached hydrogens (tertiary/aromatic N) is 3. The fourth-order valence-corrected chi connectivity index (χ4v) is 3.83. The van der Waals surface area contributed by atoms with E-state index >= 15 is 0 Å². The van der Waals surface area contributed by atoms with E-state index in [-0.39, 0.29) is 18.0 Å². The Kier molecular flexibility index (Phi) is 7.67. The molecule has 1 aliphatic heterocycles. The minimum atomic E-state index is -0.128. The van der Waals surface area contributed by atoms with Crippen LogP contribution in [-0.4, -0.2) is 46.9 Å². The van der Waals surface area contributed by atoms with Crippen LogP contribution in [0.2, 0.25) is 0 Å². The number of carbonyl (C=O) groups is 1. The maximum atomic E-state index is 13.7. The van der Waals surface area contributed by atoms with E-state index in [1.54, 1.807) is 6.20 Å². The highest BCUT2D eigenvalue weighted by molar-refractivity contribution is 6.00. The molecule has 1 aromatic carbocycles. The third-order valence-corrected chi connectivity index (χ3v) is 5.61. The number of aryl methyl sites for hydroxylation is 2. The van der Waals surface area contributed by atoms with Gasteiger partial charge in [-0.1, -0.05) is 25.1 Å². The van der Waals surface area contributed by atoms with Crippen LogP contribution < -0.4 is 4.74 Å². The molecule has 1 unspecified atom stereocenters. The van der Waals surface area contributed by atoms with Gasteiger partial charge in [-0.05, 0) is 57.4 Å². The topological polar surface area (TPSA) is 64.0 Å². The van der Waals surface area contributed by atoms with Gasteiger partial charge in [-0.3, -0.25) is 4.79 Å². The molecule has 32 heavy (non-hydrogen) atoms. The zero-order chi connectivity index (χ0) is 23.3. The molecule has 0 spiro atoms. The lowest BCUT2D eigenvalue weighted by Gasteiger charge is -2.29. The Balaban J connectivity index is 1.84. The maximum absolute atomic E-state index is 13.7. The highest BCUT2D eigenvalue weighted by Crippen LogP contribution is 2.29. The van der Waals surface area contributed by atoms with E-state index in [0.29, 0.717) is 36.3 Å². The van der Waals surface area contributed by atoms with Crippen LogP contribution in [-0.2, 0) is 4.74 Å². The molecule has 0 bridgehead atoms. The van der Waals surface area contributed by atoms with Gasteiger partial charge in [-0.15, -0.1) is 0 Å². The largest absolute Gasteiger partial charge is 0.475 e. The first-order valence-corrected chi connectivity index (χ1v) is 11.2. The van der Waals surface area contributed by atoms with Crippen LogP contribution in [0.1, 0.15) is 61.2 Å². The molecule has 0 saturated heterocycles. The van der Waals surface area contributed by atoms with Gasteiger partial charge in [0.05, 0.1) is 17.6 Å². The Bertz CT molecular complexity index is 1010. The Morgan fingerprint density at radius 2 is 1.97 bits per heavy atom. The lowest BCUT2D eigenvalue weighted by atomic mass is 9.97. The molecule has 3 rings (SSSR count). The number of aliphatic imine (C=N–C) groups is 1. The number of pyridine rings is 1. The van der Waals surface area contributed by atoms with Gasteiger partial charge in [0, 0.05) is 31.3 Å². The van der Waals surface area contributed by atoms with Crippen molar-refractivity contribution in [1.82, 2.24) is 9.88 Å². The number of aromatic nitrogens is 1. The summed E-state index contributed by atoms with van der Waals surface area (Å²) in [6.45, 7) is 12.8. The molecule has 170 valence electrons. The molecule has 0 radical (unpaired) electrons. The van der Waals surface area contributed by atoms with Crippen LogP contribution in [0.15, 0.2) is 47.6 Å². The molecule has 6 heteroatoms. The van der Waals surface area contributed by atoms with Crippen LogP contribution in [0, 0.1) is 13.8 Å². The standard InChI is InChI=1S/C26H33N3O3/c1-7-21-14-23(32-20(6)28-21)25-18(4)10-9-11-22(25)26(30)29(8-2)19(5)16-31-24-13-12-17(3)15-27-24/h9-15,19,21H,7-8,16H2,1-6H3/t19-,21?/m0/s1. The first-order valence-electron chi connectivity index (χ1n) is 11.2. The summed E-state index contributed by atoms with van der Waals surface area (Å²) in [5.41, 5.74) is 3.53. The number of likely N-dealkylation sites (N-methyl/N-ethyl adjacent to an activating group) is 1. The first kappa shape index (κ1) is 23.5. The van der Waals surface area contributed by atoms with E-state index in [9.17, 15) is 4.79 Å². The summed E-state index contributed by atoms with van der Waals surface area (Å²) in [5.74, 6) is 1.84. The van der Waals surface area contributed by atoms with Crippen molar-refractivity contribution in [2.45, 2.75) is 60.0 Å². The van der Waals surface area contributed by atoms with Gasteiger partial charge in [0.15, 0.2) is 5.90 Å². The van der Waals surface area contributed by atoms with E-state index in [4.69, 9.17) is 9.47 Å². The van der Waals surface area contributed by atoms with Gasteiger partial charge >= 0.3 is 0 Å². The van der Waals surface area contributed by atoms with E-state index in [0.717, 1.165) is 23.1 Å². The number of carbonyl (C=O) groups excluding carboxylic acids is 1. The third kappa shape index (κ3) is 5.36. The molecule has 2 heterocycles. The Hall–Kier alpha value is -3.15. The summed E-state index contributed by atoms with van der Waals surface area (Å²) in [7, 11) is 0. The van der Waals surface area contributed by atoms with Gasteiger partial charge in [0.25, 0.3) is 5.91 Å². The average molecular weight is 436 g/mol. The molecule has 0 aliphatic carbocycles. The van der Waals surface area contributed by atoms with Crippen molar-refractivity contribution in [2.75, 3.05) is 13.2 Å². The molecular formula is C26H33N3O3. The van der Waals surface area contributed by atoms with Crippen molar-refractivity contribution < 1.29 is 14.3 Å². The molecule has 0 saturated carbocycles. The molecule has 0 N–H and O–H groups in total. The molecule has 6 nitrogen and oxygen atoms in total. The SMILES string of the molecule is CCC1C=C(c2c(C)cccc2C(=O)N(CC)[C@@H](C)COc2ccc(C)cn2)OC(C)=N1. The number of amides is 1. The van der Waals surface area contributed by atoms with Crippen LogP contribution in [0.5, 0.6) is 5.88 Å². The van der Waals surface area contributed by atoms with E-state index < -0.39 is 0 Å². The minimum absolute atomic E-state index is 0.0446. The summed E-state index contributed by atoms with van der Waals surface area (Å²) >= 11 is 0. The molecule has 1 amide bonds. The fourth-order valence-electron chi connectivity index (χ4n) is 3.83. The summed E-state index contributed by atoms with van der Waals surface area (Å²) in [4.78, 5) is 24.3. The van der Waals surface area contributed by atoms with Crippen molar-refractivity contribution in [2.24, 2.45) is 4.99 Å². The Morgan fingerprint density at radius 3 is 2.62 bits per heavy atom. The van der Waals surface area contributed by atoms with Gasteiger partial charge in [0.2, 0.25) is 5.88 Å². The fraction of sp³-hybridized carbons (Fsp3) is 0.423. The van der Waals surface area contributed by atoms with Crippen molar-refractivity contribution in [1.29, 1.82) is 0 Å². The molecule has 2 atom stereocenters. The lowest BCUT2D eigenvalue weighted by molar-refractivity contribution is 0.0645. The number of hydrogen-bond acceptors (Lipinski definition) is 5. The lowest BCUT2D eigenvalue weighted by Crippen LogP contribution is -2.42. The van der Waals surface area contributed by atoms with E-state index in [2.05, 4.69) is 16.9 Å². The van der Waals surface area contributed by atoms with Gasteiger partial charge in [-0.25, -0.2) is 9.98 Å². The molecular weight excluding hydrogens is 402 g/mol. The average Bonchev–Trinajstić information content (AvgIpc) is 2.78. The quantitative estimate of drug-likeness (QED) is 0.572. The van der Waals surface area contributed by atoms with Crippen LogP contribution in [0.4, 0.5) is 0 Å². The molecule has 0 fully saturated rings. The predicted molar refractivity (Wildman–Crippen MR) is 128 cm³/mol. The minimum Gasteiger partial charge on any atom is -0.475 e. The zero-order valence-corrected chi connectivity index (χ0v) is 19.9. The van der Waals surface area contributed by atoms with Gasteiger partial charge in [-0.2, -0.15) is 0 Å². The molecule has 1 aliphatic rings. The third-order valence-electron chi connectivity index (χ3n) is 5.61.